The first-order chi connectivity index (χ1) is 16.1. The minimum Gasteiger partial charge on any atom is -0.486 e. The molecular weight excluding hydrogens is 440 g/mol. The summed E-state index contributed by atoms with van der Waals surface area (Å²) < 4.78 is 19.0. The summed E-state index contributed by atoms with van der Waals surface area (Å²) in [6, 6.07) is 9.79. The molecule has 1 amide bonds. The highest BCUT2D eigenvalue weighted by atomic mass is 32.2. The topological polar surface area (TPSA) is 82.6 Å². The van der Waals surface area contributed by atoms with E-state index in [-0.39, 0.29) is 11.9 Å². The van der Waals surface area contributed by atoms with E-state index in [9.17, 15) is 4.79 Å². The number of rotatable bonds is 7. The molecule has 5 rings (SSSR count). The van der Waals surface area contributed by atoms with E-state index in [1.807, 2.05) is 39.8 Å². The van der Waals surface area contributed by atoms with Crippen LogP contribution >= 0.6 is 11.8 Å². The molecule has 0 saturated carbocycles. The third kappa shape index (κ3) is 4.59. The Morgan fingerprint density at radius 3 is 2.82 bits per heavy atom. The van der Waals surface area contributed by atoms with Gasteiger partial charge in [-0.1, -0.05) is 31.7 Å². The van der Waals surface area contributed by atoms with Gasteiger partial charge in [-0.15, -0.1) is 10.2 Å². The van der Waals surface area contributed by atoms with Gasteiger partial charge in [-0.2, -0.15) is 0 Å². The summed E-state index contributed by atoms with van der Waals surface area (Å²) in [5.74, 6) is 3.74. The third-order valence-electron chi connectivity index (χ3n) is 5.86. The number of thioether (sulfide) groups is 1. The molecule has 2 aromatic heterocycles. The number of likely N-dealkylation sites (tertiary alicyclic amines) is 1. The Morgan fingerprint density at radius 2 is 2.03 bits per heavy atom. The Labute approximate surface area is 197 Å². The predicted molar refractivity (Wildman–Crippen MR) is 124 cm³/mol. The monoisotopic (exact) mass is 468 g/mol. The second kappa shape index (κ2) is 9.51. The second-order valence-corrected chi connectivity index (χ2v) is 9.67. The molecule has 2 aliphatic heterocycles. The number of amides is 1. The molecule has 0 bridgehead atoms. The van der Waals surface area contributed by atoms with Crippen molar-refractivity contribution in [3.63, 3.8) is 0 Å². The lowest BCUT2D eigenvalue weighted by Gasteiger charge is -2.26. The van der Waals surface area contributed by atoms with Gasteiger partial charge in [0.05, 0.1) is 18.1 Å². The molecule has 1 unspecified atom stereocenters. The van der Waals surface area contributed by atoms with Gasteiger partial charge < -0.3 is 18.8 Å². The van der Waals surface area contributed by atoms with Crippen molar-refractivity contribution in [3.05, 3.63) is 42.2 Å². The molecule has 2 aliphatic rings. The van der Waals surface area contributed by atoms with Gasteiger partial charge in [-0.05, 0) is 48.6 Å². The number of benzene rings is 1. The molecule has 174 valence electrons. The first-order valence-corrected chi connectivity index (χ1v) is 12.4. The summed E-state index contributed by atoms with van der Waals surface area (Å²) in [4.78, 5) is 15.2. The first kappa shape index (κ1) is 21.9. The van der Waals surface area contributed by atoms with Crippen LogP contribution in [0, 0.1) is 5.92 Å². The van der Waals surface area contributed by atoms with Crippen molar-refractivity contribution in [1.29, 1.82) is 0 Å². The Bertz CT molecular complexity index is 1110. The Kier molecular flexibility index (Phi) is 6.30. The lowest BCUT2D eigenvalue weighted by Crippen LogP contribution is -2.32. The number of nitrogens with zero attached hydrogens (tertiary/aromatic N) is 4. The van der Waals surface area contributed by atoms with Crippen molar-refractivity contribution < 1.29 is 18.7 Å². The van der Waals surface area contributed by atoms with E-state index in [0.717, 1.165) is 48.2 Å². The lowest BCUT2D eigenvalue weighted by molar-refractivity contribution is -0.129. The maximum Gasteiger partial charge on any atom is 0.233 e. The zero-order valence-corrected chi connectivity index (χ0v) is 19.7. The summed E-state index contributed by atoms with van der Waals surface area (Å²) in [5.41, 5.74) is 1.10. The number of hydrogen-bond acceptors (Lipinski definition) is 7. The number of furan rings is 1. The van der Waals surface area contributed by atoms with Gasteiger partial charge in [-0.3, -0.25) is 9.36 Å². The molecule has 1 saturated heterocycles. The summed E-state index contributed by atoms with van der Waals surface area (Å²) in [5, 5.41) is 9.44. The van der Waals surface area contributed by atoms with Gasteiger partial charge >= 0.3 is 0 Å². The van der Waals surface area contributed by atoms with Crippen LogP contribution in [0.3, 0.4) is 0 Å². The normalized spacial score (nSPS) is 17.7. The highest BCUT2D eigenvalue weighted by Crippen LogP contribution is 2.38. The fraction of sp³-hybridized carbons (Fsp3) is 0.458. The molecule has 9 heteroatoms. The van der Waals surface area contributed by atoms with Gasteiger partial charge in [0.1, 0.15) is 13.2 Å². The van der Waals surface area contributed by atoms with Crippen LogP contribution in [0.4, 0.5) is 0 Å². The van der Waals surface area contributed by atoms with Crippen molar-refractivity contribution in [2.75, 3.05) is 25.5 Å². The van der Waals surface area contributed by atoms with Crippen molar-refractivity contribution in [2.24, 2.45) is 5.92 Å². The summed E-state index contributed by atoms with van der Waals surface area (Å²) >= 11 is 1.43. The van der Waals surface area contributed by atoms with Crippen LogP contribution in [0.1, 0.15) is 38.3 Å². The first-order valence-electron chi connectivity index (χ1n) is 11.4. The number of aromatic nitrogens is 3. The zero-order chi connectivity index (χ0) is 22.8. The molecular formula is C24H28N4O4S. The number of carbonyl (C=O) groups excluding carboxylic acids is 1. The Hall–Kier alpha value is -2.94. The van der Waals surface area contributed by atoms with Gasteiger partial charge in [0.25, 0.3) is 0 Å². The van der Waals surface area contributed by atoms with E-state index in [0.29, 0.717) is 36.5 Å². The molecule has 0 radical (unpaired) electrons. The van der Waals surface area contributed by atoms with Crippen LogP contribution < -0.4 is 9.47 Å². The van der Waals surface area contributed by atoms with Crippen molar-refractivity contribution in [3.8, 4) is 23.1 Å². The zero-order valence-electron chi connectivity index (χ0n) is 18.9. The molecule has 33 heavy (non-hydrogen) atoms. The maximum absolute atomic E-state index is 13.2. The third-order valence-corrected chi connectivity index (χ3v) is 6.81. The number of carbonyl (C=O) groups is 1. The molecule has 4 heterocycles. The molecule has 1 fully saturated rings. The summed E-state index contributed by atoms with van der Waals surface area (Å²) in [7, 11) is 0. The van der Waals surface area contributed by atoms with Crippen LogP contribution in [0.5, 0.6) is 11.5 Å². The average Bonchev–Trinajstić information content (AvgIpc) is 3.58. The summed E-state index contributed by atoms with van der Waals surface area (Å²) in [6.45, 7) is 6.93. The molecule has 3 aromatic rings. The highest BCUT2D eigenvalue weighted by molar-refractivity contribution is 7.99. The fourth-order valence-electron chi connectivity index (χ4n) is 4.40. The fourth-order valence-corrected chi connectivity index (χ4v) is 5.24. The highest BCUT2D eigenvalue weighted by Gasteiger charge is 2.31. The van der Waals surface area contributed by atoms with Gasteiger partial charge in [0.2, 0.25) is 5.91 Å². The number of ether oxygens (including phenoxy) is 2. The quantitative estimate of drug-likeness (QED) is 0.475. The SMILES string of the molecule is CC(C)Cn1c(SCC(=O)N2CCCC2c2ccc3c(c2)OCCO3)nnc1-c1ccco1. The second-order valence-electron chi connectivity index (χ2n) is 8.72. The lowest BCUT2D eigenvalue weighted by atomic mass is 10.0. The molecule has 0 aliphatic carbocycles. The van der Waals surface area contributed by atoms with E-state index in [4.69, 9.17) is 13.9 Å². The molecule has 1 atom stereocenters. The predicted octanol–water partition coefficient (Wildman–Crippen LogP) is 4.42. The Morgan fingerprint density at radius 1 is 1.18 bits per heavy atom. The van der Waals surface area contributed by atoms with E-state index in [1.54, 1.807) is 6.26 Å². The number of fused-ring (bicyclic) bond motifs is 1. The molecule has 0 spiro atoms. The Balaban J connectivity index is 1.30. The molecule has 0 N–H and O–H groups in total. The minimum absolute atomic E-state index is 0.0566. The van der Waals surface area contributed by atoms with E-state index >= 15 is 0 Å². The maximum atomic E-state index is 13.2. The van der Waals surface area contributed by atoms with Gasteiger partial charge in [0, 0.05) is 13.1 Å². The smallest absolute Gasteiger partial charge is 0.233 e. The van der Waals surface area contributed by atoms with Crippen LogP contribution in [0.2, 0.25) is 0 Å². The summed E-state index contributed by atoms with van der Waals surface area (Å²) in [6.07, 6.45) is 3.56. The van der Waals surface area contributed by atoms with Crippen LogP contribution in [0.25, 0.3) is 11.6 Å². The largest absolute Gasteiger partial charge is 0.486 e. The van der Waals surface area contributed by atoms with E-state index in [2.05, 4.69) is 24.0 Å². The average molecular weight is 469 g/mol. The number of hydrogen-bond donors (Lipinski definition) is 0. The molecule has 1 aromatic carbocycles. The standard InChI is InChI=1S/C24H28N4O4S/c1-16(2)14-28-23(20-6-4-10-30-20)25-26-24(28)33-15-22(29)27-9-3-5-18(27)17-7-8-19-21(13-17)32-12-11-31-19/h4,6-8,10,13,16,18H,3,5,9,11-12,14-15H2,1-2H3. The van der Waals surface area contributed by atoms with Crippen LogP contribution in [0.15, 0.2) is 46.2 Å². The van der Waals surface area contributed by atoms with Crippen LogP contribution in [-0.2, 0) is 11.3 Å². The van der Waals surface area contributed by atoms with Gasteiger partial charge in [-0.25, -0.2) is 0 Å². The van der Waals surface area contributed by atoms with Crippen molar-refractivity contribution in [1.82, 2.24) is 19.7 Å². The molecule has 8 nitrogen and oxygen atoms in total. The van der Waals surface area contributed by atoms with Gasteiger partial charge in [0.15, 0.2) is 28.2 Å². The minimum atomic E-state index is 0.0566. The van der Waals surface area contributed by atoms with Crippen molar-refractivity contribution >= 4 is 17.7 Å². The van der Waals surface area contributed by atoms with Crippen LogP contribution in [-0.4, -0.2) is 51.1 Å². The van der Waals surface area contributed by atoms with E-state index < -0.39 is 0 Å². The van der Waals surface area contributed by atoms with Crippen molar-refractivity contribution in [2.45, 2.75) is 44.4 Å². The van der Waals surface area contributed by atoms with E-state index in [1.165, 1.54) is 11.8 Å².